The molecule has 19 heavy (non-hydrogen) atoms. The van der Waals surface area contributed by atoms with E-state index in [1.165, 1.54) is 4.90 Å². The van der Waals surface area contributed by atoms with Gasteiger partial charge in [0.05, 0.1) is 6.10 Å². The largest absolute Gasteiger partial charge is 0.380 e. The highest BCUT2D eigenvalue weighted by atomic mass is 32.2. The normalized spacial score (nSPS) is 23.1. The Morgan fingerprint density at radius 3 is 2.63 bits per heavy atom. The number of hydrogen-bond acceptors (Lipinski definition) is 3. The summed E-state index contributed by atoms with van der Waals surface area (Å²) in [6.45, 7) is 2.16. The summed E-state index contributed by atoms with van der Waals surface area (Å²) in [7, 11) is 1.73. The summed E-state index contributed by atoms with van der Waals surface area (Å²) in [4.78, 5) is 13.3. The van der Waals surface area contributed by atoms with Crippen molar-refractivity contribution in [3.05, 3.63) is 30.3 Å². The molecule has 2 rings (SSSR count). The van der Waals surface area contributed by atoms with Gasteiger partial charge in [-0.25, -0.2) is 0 Å². The molecule has 1 aromatic carbocycles. The highest BCUT2D eigenvalue weighted by Crippen LogP contribution is 2.33. The summed E-state index contributed by atoms with van der Waals surface area (Å²) in [6, 6.07) is 10.3. The second-order valence-corrected chi connectivity index (χ2v) is 6.61. The van der Waals surface area contributed by atoms with Gasteiger partial charge < -0.3 is 4.74 Å². The first-order valence-electron chi connectivity index (χ1n) is 6.99. The van der Waals surface area contributed by atoms with E-state index in [4.69, 9.17) is 4.74 Å². The average molecular weight is 278 g/mol. The number of benzene rings is 1. The fraction of sp³-hybridized carbons (Fsp3) is 0.562. The minimum atomic E-state index is 0.0259. The summed E-state index contributed by atoms with van der Waals surface area (Å²) in [5.74, 6) is 0.476. The Hall–Kier alpha value is -0.800. The zero-order chi connectivity index (χ0) is 13.7. The van der Waals surface area contributed by atoms with Crippen molar-refractivity contribution in [2.75, 3.05) is 7.11 Å². The fourth-order valence-corrected chi connectivity index (χ4v) is 4.00. The molecule has 0 saturated heterocycles. The van der Waals surface area contributed by atoms with E-state index in [1.807, 2.05) is 18.2 Å². The van der Waals surface area contributed by atoms with Gasteiger partial charge in [0.15, 0.2) is 0 Å². The average Bonchev–Trinajstić information content (AvgIpc) is 2.43. The molecule has 0 amide bonds. The lowest BCUT2D eigenvalue weighted by Gasteiger charge is -2.31. The Morgan fingerprint density at radius 2 is 2.00 bits per heavy atom. The molecule has 0 bridgehead atoms. The lowest BCUT2D eigenvalue weighted by Crippen LogP contribution is -2.38. The number of thioether (sulfide) groups is 1. The van der Waals surface area contributed by atoms with Gasteiger partial charge in [0.25, 0.3) is 0 Å². The number of ether oxygens (including phenoxy) is 1. The third-order valence-electron chi connectivity index (χ3n) is 3.80. The Balaban J connectivity index is 2.02. The van der Waals surface area contributed by atoms with Gasteiger partial charge in [-0.15, -0.1) is 11.8 Å². The molecule has 1 fully saturated rings. The van der Waals surface area contributed by atoms with Crippen molar-refractivity contribution in [1.29, 1.82) is 0 Å². The van der Waals surface area contributed by atoms with Crippen molar-refractivity contribution in [2.24, 2.45) is 5.92 Å². The second-order valence-electron chi connectivity index (χ2n) is 5.15. The molecule has 0 N–H and O–H groups in total. The fourth-order valence-electron chi connectivity index (χ4n) is 2.82. The third kappa shape index (κ3) is 3.83. The van der Waals surface area contributed by atoms with Crippen LogP contribution in [0.2, 0.25) is 0 Å². The first-order valence-corrected chi connectivity index (χ1v) is 7.87. The summed E-state index contributed by atoms with van der Waals surface area (Å²) in [6.07, 6.45) is 3.94. The summed E-state index contributed by atoms with van der Waals surface area (Å²) >= 11 is 1.79. The molecule has 0 radical (unpaired) electrons. The molecule has 1 saturated carbocycles. The van der Waals surface area contributed by atoms with Crippen molar-refractivity contribution in [3.8, 4) is 0 Å². The van der Waals surface area contributed by atoms with Crippen molar-refractivity contribution >= 4 is 17.5 Å². The van der Waals surface area contributed by atoms with E-state index < -0.39 is 0 Å². The van der Waals surface area contributed by atoms with Gasteiger partial charge in [-0.05, 0) is 25.0 Å². The molecule has 104 valence electrons. The number of methoxy groups -OCH3 is 1. The Bertz CT molecular complexity index is 404. The molecule has 0 spiro atoms. The summed E-state index contributed by atoms with van der Waals surface area (Å²) in [5.41, 5.74) is 0. The maximum absolute atomic E-state index is 12.1. The van der Waals surface area contributed by atoms with Crippen LogP contribution in [-0.4, -0.2) is 24.2 Å². The molecular formula is C16H22O2S. The second kappa shape index (κ2) is 7.11. The van der Waals surface area contributed by atoms with Gasteiger partial charge in [-0.2, -0.15) is 0 Å². The van der Waals surface area contributed by atoms with Gasteiger partial charge in [0.1, 0.15) is 5.78 Å². The molecule has 0 aliphatic heterocycles. The summed E-state index contributed by atoms with van der Waals surface area (Å²) in [5, 5.41) is 0.291. The van der Waals surface area contributed by atoms with Crippen LogP contribution >= 0.6 is 11.8 Å². The van der Waals surface area contributed by atoms with E-state index in [2.05, 4.69) is 19.1 Å². The zero-order valence-corrected chi connectivity index (χ0v) is 12.5. The van der Waals surface area contributed by atoms with Crippen LogP contribution in [0.3, 0.4) is 0 Å². The quantitative estimate of drug-likeness (QED) is 0.763. The minimum absolute atomic E-state index is 0.0259. The third-order valence-corrected chi connectivity index (χ3v) is 4.98. The first kappa shape index (κ1) is 14.6. The van der Waals surface area contributed by atoms with Crippen LogP contribution in [-0.2, 0) is 9.53 Å². The Morgan fingerprint density at radius 1 is 1.26 bits per heavy atom. The molecule has 3 atom stereocenters. The molecule has 2 nitrogen and oxygen atoms in total. The maximum Gasteiger partial charge on any atom is 0.138 e. The van der Waals surface area contributed by atoms with E-state index in [9.17, 15) is 4.79 Å². The van der Waals surface area contributed by atoms with Gasteiger partial charge in [0.2, 0.25) is 0 Å². The Labute approximate surface area is 119 Å². The number of ketones is 1. The Kier molecular flexibility index (Phi) is 5.46. The highest BCUT2D eigenvalue weighted by molar-refractivity contribution is 8.00. The molecular weight excluding hydrogens is 256 g/mol. The van der Waals surface area contributed by atoms with Crippen LogP contribution in [0.1, 0.15) is 32.6 Å². The minimum Gasteiger partial charge on any atom is -0.380 e. The zero-order valence-electron chi connectivity index (χ0n) is 11.7. The van der Waals surface area contributed by atoms with Gasteiger partial charge in [-0.3, -0.25) is 4.79 Å². The molecule has 1 aliphatic rings. The highest BCUT2D eigenvalue weighted by Gasteiger charge is 2.34. The van der Waals surface area contributed by atoms with Crippen LogP contribution in [0.15, 0.2) is 35.2 Å². The number of carbonyl (C=O) groups excluding carboxylic acids is 1. The van der Waals surface area contributed by atoms with E-state index in [0.29, 0.717) is 11.0 Å². The first-order chi connectivity index (χ1) is 9.22. The molecule has 1 aromatic rings. The molecule has 3 heteroatoms. The maximum atomic E-state index is 12.1. The van der Waals surface area contributed by atoms with Gasteiger partial charge in [0, 0.05) is 29.6 Å². The van der Waals surface area contributed by atoms with Gasteiger partial charge >= 0.3 is 0 Å². The van der Waals surface area contributed by atoms with Crippen molar-refractivity contribution in [2.45, 2.75) is 48.9 Å². The van der Waals surface area contributed by atoms with Crippen LogP contribution in [0, 0.1) is 5.92 Å². The molecule has 0 aromatic heterocycles. The number of rotatable bonds is 5. The van der Waals surface area contributed by atoms with Crippen molar-refractivity contribution in [1.82, 2.24) is 0 Å². The molecule has 0 heterocycles. The van der Waals surface area contributed by atoms with E-state index in [1.54, 1.807) is 18.9 Å². The predicted molar refractivity (Wildman–Crippen MR) is 79.5 cm³/mol. The van der Waals surface area contributed by atoms with Crippen LogP contribution in [0.5, 0.6) is 0 Å². The van der Waals surface area contributed by atoms with E-state index in [-0.39, 0.29) is 12.0 Å². The number of carbonyl (C=O) groups is 1. The molecule has 0 unspecified atom stereocenters. The summed E-state index contributed by atoms with van der Waals surface area (Å²) < 4.78 is 5.65. The van der Waals surface area contributed by atoms with Crippen molar-refractivity contribution < 1.29 is 9.53 Å². The molecule has 1 aliphatic carbocycles. The lowest BCUT2D eigenvalue weighted by molar-refractivity contribution is -0.129. The van der Waals surface area contributed by atoms with E-state index >= 15 is 0 Å². The topological polar surface area (TPSA) is 26.3 Å². The van der Waals surface area contributed by atoms with Crippen LogP contribution < -0.4 is 0 Å². The predicted octanol–water partition coefficient (Wildman–Crippen LogP) is 3.94. The lowest BCUT2D eigenvalue weighted by atomic mass is 9.83. The monoisotopic (exact) mass is 278 g/mol. The van der Waals surface area contributed by atoms with Crippen LogP contribution in [0.4, 0.5) is 0 Å². The standard InChI is InChI=1S/C16H22O2S/c1-12(19-13-8-4-3-5-9-13)16(18-2)14-10-6-7-11-15(14)17/h3-5,8-9,12,14,16H,6-7,10-11H2,1-2H3/t12-,14-,16+/m1/s1. The SMILES string of the molecule is CO[C@H]([C@@H]1CCCCC1=O)[C@@H](C)Sc1ccccc1. The van der Waals surface area contributed by atoms with Gasteiger partial charge in [-0.1, -0.05) is 31.5 Å². The smallest absolute Gasteiger partial charge is 0.138 e. The number of Topliss-reactive ketones (excluding diaryl/α,β-unsaturated/α-hetero) is 1. The van der Waals surface area contributed by atoms with Crippen molar-refractivity contribution in [3.63, 3.8) is 0 Å². The van der Waals surface area contributed by atoms with E-state index in [0.717, 1.165) is 25.7 Å². The van der Waals surface area contributed by atoms with Crippen LogP contribution in [0.25, 0.3) is 0 Å². The number of hydrogen-bond donors (Lipinski definition) is 0.